The standard InChI is InChI=1S/C13H16O3S/c1-10(14)13-4-2-11(3-5-13)8-12-6-7-17(15,16)9-12/h2-5,12H,6-9H2,1H3. The van der Waals surface area contributed by atoms with E-state index in [1.807, 2.05) is 12.1 Å². The zero-order valence-corrected chi connectivity index (χ0v) is 10.7. The lowest BCUT2D eigenvalue weighted by molar-refractivity contribution is 0.101. The third kappa shape index (κ3) is 3.16. The van der Waals surface area contributed by atoms with E-state index in [-0.39, 0.29) is 11.7 Å². The number of hydrogen-bond acceptors (Lipinski definition) is 3. The number of carbonyl (C=O) groups is 1. The van der Waals surface area contributed by atoms with E-state index >= 15 is 0 Å². The zero-order valence-electron chi connectivity index (χ0n) is 9.85. The maximum absolute atomic E-state index is 11.3. The monoisotopic (exact) mass is 252 g/mol. The van der Waals surface area contributed by atoms with Gasteiger partial charge in [0.15, 0.2) is 15.6 Å². The summed E-state index contributed by atoms with van der Waals surface area (Å²) in [6.45, 7) is 1.54. The fourth-order valence-electron chi connectivity index (χ4n) is 2.24. The van der Waals surface area contributed by atoms with Crippen LogP contribution in [0.5, 0.6) is 0 Å². The normalized spacial score (nSPS) is 22.5. The summed E-state index contributed by atoms with van der Waals surface area (Å²) in [5.41, 5.74) is 1.81. The van der Waals surface area contributed by atoms with Crippen LogP contribution in [0.15, 0.2) is 24.3 Å². The first-order valence-corrected chi connectivity index (χ1v) is 7.59. The summed E-state index contributed by atoms with van der Waals surface area (Å²) in [6.07, 6.45) is 1.55. The van der Waals surface area contributed by atoms with Crippen molar-refractivity contribution in [3.8, 4) is 0 Å². The van der Waals surface area contributed by atoms with Crippen LogP contribution in [-0.2, 0) is 16.3 Å². The molecule has 1 aromatic carbocycles. The Morgan fingerprint density at radius 2 is 1.94 bits per heavy atom. The highest BCUT2D eigenvalue weighted by Crippen LogP contribution is 2.22. The van der Waals surface area contributed by atoms with Gasteiger partial charge in [-0.15, -0.1) is 0 Å². The van der Waals surface area contributed by atoms with E-state index in [2.05, 4.69) is 0 Å². The van der Waals surface area contributed by atoms with Gasteiger partial charge >= 0.3 is 0 Å². The average molecular weight is 252 g/mol. The Morgan fingerprint density at radius 3 is 2.41 bits per heavy atom. The highest BCUT2D eigenvalue weighted by atomic mass is 32.2. The van der Waals surface area contributed by atoms with Crippen molar-refractivity contribution >= 4 is 15.6 Å². The van der Waals surface area contributed by atoms with Gasteiger partial charge in [-0.05, 0) is 31.2 Å². The van der Waals surface area contributed by atoms with Crippen LogP contribution in [-0.4, -0.2) is 25.7 Å². The number of hydrogen-bond donors (Lipinski definition) is 0. The molecule has 0 aromatic heterocycles. The maximum atomic E-state index is 11.3. The first-order valence-electron chi connectivity index (χ1n) is 5.76. The minimum Gasteiger partial charge on any atom is -0.295 e. The molecule has 0 spiro atoms. The molecule has 3 nitrogen and oxygen atoms in total. The van der Waals surface area contributed by atoms with Gasteiger partial charge in [0.2, 0.25) is 0 Å². The third-order valence-electron chi connectivity index (χ3n) is 3.21. The number of Topliss-reactive ketones (excluding diaryl/α,β-unsaturated/α-hetero) is 1. The van der Waals surface area contributed by atoms with Crippen LogP contribution >= 0.6 is 0 Å². The molecule has 1 aliphatic rings. The third-order valence-corrected chi connectivity index (χ3v) is 5.05. The van der Waals surface area contributed by atoms with Crippen LogP contribution < -0.4 is 0 Å². The minimum absolute atomic E-state index is 0.0556. The smallest absolute Gasteiger partial charge is 0.159 e. The second-order valence-corrected chi connectivity index (χ2v) is 6.96. The van der Waals surface area contributed by atoms with E-state index in [4.69, 9.17) is 0 Å². The van der Waals surface area contributed by atoms with Gasteiger partial charge in [0.05, 0.1) is 11.5 Å². The molecule has 92 valence electrons. The molecule has 1 fully saturated rings. The lowest BCUT2D eigenvalue weighted by Crippen LogP contribution is -2.07. The molecule has 1 atom stereocenters. The highest BCUT2D eigenvalue weighted by molar-refractivity contribution is 7.91. The van der Waals surface area contributed by atoms with Crippen LogP contribution in [0.1, 0.15) is 29.3 Å². The molecular weight excluding hydrogens is 236 g/mol. The summed E-state index contributed by atoms with van der Waals surface area (Å²) in [5, 5.41) is 0. The number of sulfone groups is 1. The predicted octanol–water partition coefficient (Wildman–Crippen LogP) is 1.87. The lowest BCUT2D eigenvalue weighted by atomic mass is 9.98. The Bertz CT molecular complexity index is 514. The number of carbonyl (C=O) groups excluding carboxylic acids is 1. The van der Waals surface area contributed by atoms with Crippen LogP contribution in [0.4, 0.5) is 0 Å². The largest absolute Gasteiger partial charge is 0.295 e. The van der Waals surface area contributed by atoms with Crippen LogP contribution in [0.25, 0.3) is 0 Å². The van der Waals surface area contributed by atoms with E-state index in [9.17, 15) is 13.2 Å². The van der Waals surface area contributed by atoms with Crippen molar-refractivity contribution in [2.24, 2.45) is 5.92 Å². The second-order valence-electron chi connectivity index (χ2n) is 4.73. The molecule has 4 heteroatoms. The molecule has 1 heterocycles. The van der Waals surface area contributed by atoms with Crippen molar-refractivity contribution in [2.45, 2.75) is 19.8 Å². The topological polar surface area (TPSA) is 51.2 Å². The summed E-state index contributed by atoms with van der Waals surface area (Å²) in [5.74, 6) is 0.924. The SMILES string of the molecule is CC(=O)c1ccc(CC2CCS(=O)(=O)C2)cc1. The predicted molar refractivity (Wildman–Crippen MR) is 66.9 cm³/mol. The van der Waals surface area contributed by atoms with Gasteiger partial charge < -0.3 is 0 Å². The first kappa shape index (κ1) is 12.3. The average Bonchev–Trinajstić information content (AvgIpc) is 2.59. The highest BCUT2D eigenvalue weighted by Gasteiger charge is 2.27. The van der Waals surface area contributed by atoms with E-state index < -0.39 is 9.84 Å². The van der Waals surface area contributed by atoms with Crippen molar-refractivity contribution in [1.82, 2.24) is 0 Å². The lowest BCUT2D eigenvalue weighted by Gasteiger charge is -2.07. The summed E-state index contributed by atoms with van der Waals surface area (Å²) in [7, 11) is -2.79. The van der Waals surface area contributed by atoms with Crippen molar-refractivity contribution in [2.75, 3.05) is 11.5 Å². The van der Waals surface area contributed by atoms with E-state index in [0.29, 0.717) is 17.1 Å². The van der Waals surface area contributed by atoms with Gasteiger partial charge in [0, 0.05) is 5.56 Å². The molecule has 1 aromatic rings. The van der Waals surface area contributed by atoms with Gasteiger partial charge in [-0.1, -0.05) is 24.3 Å². The van der Waals surface area contributed by atoms with Crippen molar-refractivity contribution < 1.29 is 13.2 Å². The summed E-state index contributed by atoms with van der Waals surface area (Å²) >= 11 is 0. The molecule has 0 aliphatic carbocycles. The Labute approximate surface area is 102 Å². The Morgan fingerprint density at radius 1 is 1.29 bits per heavy atom. The molecule has 1 saturated heterocycles. The van der Waals surface area contributed by atoms with Gasteiger partial charge in [0.1, 0.15) is 0 Å². The van der Waals surface area contributed by atoms with Gasteiger partial charge in [-0.25, -0.2) is 8.42 Å². The van der Waals surface area contributed by atoms with E-state index in [1.54, 1.807) is 19.1 Å². The molecule has 0 bridgehead atoms. The van der Waals surface area contributed by atoms with E-state index in [1.165, 1.54) is 0 Å². The molecule has 2 rings (SSSR count). The van der Waals surface area contributed by atoms with Gasteiger partial charge in [-0.2, -0.15) is 0 Å². The van der Waals surface area contributed by atoms with Gasteiger partial charge in [-0.3, -0.25) is 4.79 Å². The Kier molecular flexibility index (Phi) is 3.33. The molecular formula is C13H16O3S. The molecule has 0 radical (unpaired) electrons. The number of benzene rings is 1. The number of rotatable bonds is 3. The molecule has 0 N–H and O–H groups in total. The summed E-state index contributed by atoms with van der Waals surface area (Å²) in [4.78, 5) is 11.1. The fourth-order valence-corrected chi connectivity index (χ4v) is 4.10. The second kappa shape index (κ2) is 4.61. The van der Waals surface area contributed by atoms with Crippen molar-refractivity contribution in [3.05, 3.63) is 35.4 Å². The van der Waals surface area contributed by atoms with Crippen LogP contribution in [0, 0.1) is 5.92 Å². The van der Waals surface area contributed by atoms with Crippen LogP contribution in [0.3, 0.4) is 0 Å². The fraction of sp³-hybridized carbons (Fsp3) is 0.462. The maximum Gasteiger partial charge on any atom is 0.159 e. The molecule has 1 aliphatic heterocycles. The van der Waals surface area contributed by atoms with Crippen molar-refractivity contribution in [3.63, 3.8) is 0 Å². The quantitative estimate of drug-likeness (QED) is 0.772. The van der Waals surface area contributed by atoms with E-state index in [0.717, 1.165) is 18.4 Å². The van der Waals surface area contributed by atoms with Crippen LogP contribution in [0.2, 0.25) is 0 Å². The molecule has 1 unspecified atom stereocenters. The molecule has 0 saturated carbocycles. The van der Waals surface area contributed by atoms with Gasteiger partial charge in [0.25, 0.3) is 0 Å². The zero-order chi connectivity index (χ0) is 12.5. The number of ketones is 1. The Balaban J connectivity index is 2.03. The summed E-state index contributed by atoms with van der Waals surface area (Å²) in [6, 6.07) is 7.45. The first-order chi connectivity index (χ1) is 7.96. The molecule has 0 amide bonds. The van der Waals surface area contributed by atoms with Crippen molar-refractivity contribution in [1.29, 1.82) is 0 Å². The minimum atomic E-state index is -2.79. The Hall–Kier alpha value is -1.16. The summed E-state index contributed by atoms with van der Waals surface area (Å²) < 4.78 is 22.7. The molecule has 17 heavy (non-hydrogen) atoms.